The summed E-state index contributed by atoms with van der Waals surface area (Å²) in [5.74, 6) is 0.00650. The maximum atomic E-state index is 12.6. The van der Waals surface area contributed by atoms with Crippen LogP contribution in [0.15, 0.2) is 0 Å². The summed E-state index contributed by atoms with van der Waals surface area (Å²) in [5.41, 5.74) is 0. The van der Waals surface area contributed by atoms with Crippen molar-refractivity contribution >= 4 is 11.9 Å². The summed E-state index contributed by atoms with van der Waals surface area (Å²) < 4.78 is 5.52. The predicted octanol–water partition coefficient (Wildman–Crippen LogP) is 28.8. The molecule has 0 aromatic heterocycles. The van der Waals surface area contributed by atoms with E-state index >= 15 is 0 Å². The summed E-state index contributed by atoms with van der Waals surface area (Å²) in [6.45, 7) is 5.03. The summed E-state index contributed by atoms with van der Waals surface area (Å²) in [6.07, 6.45) is 104. The van der Waals surface area contributed by atoms with Crippen LogP contribution in [0.2, 0.25) is 0 Å². The van der Waals surface area contributed by atoms with Crippen molar-refractivity contribution in [3.05, 3.63) is 0 Å². The Balaban J connectivity index is 3.28. The molecule has 0 bridgehead atoms. The lowest BCUT2D eigenvalue weighted by Gasteiger charge is -2.22. The highest BCUT2D eigenvalue weighted by molar-refractivity contribution is 5.76. The van der Waals surface area contributed by atoms with Crippen molar-refractivity contribution in [1.82, 2.24) is 5.32 Å². The van der Waals surface area contributed by atoms with Gasteiger partial charge in [0.15, 0.2) is 0 Å². The van der Waals surface area contributed by atoms with Crippen LogP contribution in [0.3, 0.4) is 0 Å². The molecule has 1 amide bonds. The second kappa shape index (κ2) is 82.3. The Hall–Kier alpha value is -1.14. The molecule has 2 unspecified atom stereocenters. The van der Waals surface area contributed by atoms with Gasteiger partial charge in [0.25, 0.3) is 0 Å². The molecule has 0 spiro atoms. The Bertz CT molecular complexity index is 1360. The number of ether oxygens (including phenoxy) is 1. The van der Waals surface area contributed by atoms with Crippen LogP contribution in [0, 0.1) is 0 Å². The number of aliphatic hydroxyl groups excluding tert-OH is 2. The van der Waals surface area contributed by atoms with Gasteiger partial charge < -0.3 is 20.3 Å². The van der Waals surface area contributed by atoms with Gasteiger partial charge in [-0.05, 0) is 25.7 Å². The largest absolute Gasteiger partial charge is 0.466 e. The number of hydrogen-bond donors (Lipinski definition) is 3. The Morgan fingerprint density at radius 3 is 0.663 bits per heavy atom. The van der Waals surface area contributed by atoms with Crippen molar-refractivity contribution < 1.29 is 24.5 Å². The van der Waals surface area contributed by atoms with Crippen molar-refractivity contribution in [3.8, 4) is 0 Å². The van der Waals surface area contributed by atoms with E-state index in [1.54, 1.807) is 0 Å². The first-order chi connectivity index (χ1) is 45.5. The van der Waals surface area contributed by atoms with Crippen molar-refractivity contribution in [2.45, 2.75) is 527 Å². The van der Waals surface area contributed by atoms with Gasteiger partial charge in [0.2, 0.25) is 5.91 Å². The van der Waals surface area contributed by atoms with Crippen LogP contribution in [0.25, 0.3) is 0 Å². The lowest BCUT2D eigenvalue weighted by atomic mass is 10.0. The number of nitrogens with one attached hydrogen (secondary N) is 1. The van der Waals surface area contributed by atoms with E-state index in [1.165, 1.54) is 443 Å². The van der Waals surface area contributed by atoms with Gasteiger partial charge in [-0.15, -0.1) is 0 Å². The van der Waals surface area contributed by atoms with Crippen LogP contribution in [-0.2, 0) is 14.3 Å². The Morgan fingerprint density at radius 1 is 0.261 bits per heavy atom. The normalized spacial score (nSPS) is 12.3. The average molecular weight is 1300 g/mol. The molecule has 92 heavy (non-hydrogen) atoms. The molecule has 0 aliphatic carbocycles. The van der Waals surface area contributed by atoms with E-state index < -0.39 is 12.1 Å². The molecule has 6 nitrogen and oxygen atoms in total. The standard InChI is InChI=1S/C86H171NO5/c1-3-5-7-9-11-13-15-17-19-21-22-44-47-50-54-58-62-66-70-74-78-84(89)83(82-88)87-85(90)79-75-71-67-63-59-55-51-48-45-42-40-38-36-34-32-30-28-26-24-23-25-27-29-31-33-35-37-39-41-43-46-49-53-57-61-65-69-73-77-81-92-86(91)80-76-72-68-64-60-56-52-20-18-16-14-12-10-8-6-4-2/h83-84,88-89H,3-82H2,1-2H3,(H,87,90). The molecule has 550 valence electrons. The molecule has 3 N–H and O–H groups in total. The van der Waals surface area contributed by atoms with E-state index in [0.29, 0.717) is 25.9 Å². The maximum Gasteiger partial charge on any atom is 0.305 e. The van der Waals surface area contributed by atoms with Crippen molar-refractivity contribution in [2.75, 3.05) is 13.2 Å². The smallest absolute Gasteiger partial charge is 0.305 e. The lowest BCUT2D eigenvalue weighted by molar-refractivity contribution is -0.143. The zero-order chi connectivity index (χ0) is 66.3. The number of aliphatic hydroxyl groups is 2. The zero-order valence-corrected chi connectivity index (χ0v) is 63.3. The molecule has 0 heterocycles. The molecule has 0 saturated carbocycles. The SMILES string of the molecule is CCCCCCCCCCCCCCCCCCCCCCC(O)C(CO)NC(=O)CCCCCCCCCCCCCCCCCCCCCCCCCCCCCCCCCCCCCCCCCOC(=O)CCCCCCCCCCCCCCCCCC. The van der Waals surface area contributed by atoms with E-state index in [-0.39, 0.29) is 18.5 Å². The second-order valence-corrected chi connectivity index (χ2v) is 30.2. The minimum absolute atomic E-state index is 0.0226. The Labute approximate surface area is 578 Å². The summed E-state index contributed by atoms with van der Waals surface area (Å²) in [5, 5.41) is 23.5. The molecule has 0 aromatic rings. The maximum absolute atomic E-state index is 12.6. The number of esters is 1. The lowest BCUT2D eigenvalue weighted by Crippen LogP contribution is -2.45. The molecule has 0 saturated heterocycles. The molecular weight excluding hydrogens is 1130 g/mol. The van der Waals surface area contributed by atoms with Crippen molar-refractivity contribution in [1.29, 1.82) is 0 Å². The number of hydrogen-bond acceptors (Lipinski definition) is 5. The minimum Gasteiger partial charge on any atom is -0.466 e. The number of amides is 1. The van der Waals surface area contributed by atoms with Crippen molar-refractivity contribution in [2.24, 2.45) is 0 Å². The van der Waals surface area contributed by atoms with Gasteiger partial charge in [0, 0.05) is 12.8 Å². The summed E-state index contributed by atoms with van der Waals surface area (Å²) >= 11 is 0. The fourth-order valence-corrected chi connectivity index (χ4v) is 14.4. The molecular formula is C86H171NO5. The van der Waals surface area contributed by atoms with Crippen LogP contribution in [0.4, 0.5) is 0 Å². The number of carbonyl (C=O) groups is 2. The van der Waals surface area contributed by atoms with Gasteiger partial charge >= 0.3 is 5.97 Å². The molecule has 2 atom stereocenters. The van der Waals surface area contributed by atoms with Gasteiger partial charge in [-0.1, -0.05) is 476 Å². The van der Waals surface area contributed by atoms with E-state index in [4.69, 9.17) is 4.74 Å². The zero-order valence-electron chi connectivity index (χ0n) is 63.3. The third-order valence-corrected chi connectivity index (χ3v) is 20.9. The summed E-state index contributed by atoms with van der Waals surface area (Å²) in [4.78, 5) is 24.7. The summed E-state index contributed by atoms with van der Waals surface area (Å²) in [6, 6.07) is -0.537. The molecule has 0 aliphatic rings. The van der Waals surface area contributed by atoms with Gasteiger partial charge in [0.1, 0.15) is 0 Å². The fraction of sp³-hybridized carbons (Fsp3) is 0.977. The monoisotopic (exact) mass is 1300 g/mol. The fourth-order valence-electron chi connectivity index (χ4n) is 14.4. The van der Waals surface area contributed by atoms with Crippen LogP contribution < -0.4 is 5.32 Å². The van der Waals surface area contributed by atoms with E-state index in [2.05, 4.69) is 19.2 Å². The predicted molar refractivity (Wildman–Crippen MR) is 407 cm³/mol. The van der Waals surface area contributed by atoms with Crippen molar-refractivity contribution in [3.63, 3.8) is 0 Å². The van der Waals surface area contributed by atoms with Crippen LogP contribution >= 0.6 is 0 Å². The first-order valence-electron chi connectivity index (χ1n) is 43.3. The molecule has 0 aromatic carbocycles. The highest BCUT2D eigenvalue weighted by Crippen LogP contribution is 2.21. The first kappa shape index (κ1) is 90.9. The molecule has 0 radical (unpaired) electrons. The molecule has 0 aliphatic heterocycles. The Morgan fingerprint density at radius 2 is 0.446 bits per heavy atom. The average Bonchev–Trinajstić information content (AvgIpc) is 3.76. The van der Waals surface area contributed by atoms with Crippen LogP contribution in [0.5, 0.6) is 0 Å². The second-order valence-electron chi connectivity index (χ2n) is 30.2. The van der Waals surface area contributed by atoms with E-state index in [9.17, 15) is 19.8 Å². The highest BCUT2D eigenvalue weighted by Gasteiger charge is 2.20. The number of rotatable bonds is 83. The van der Waals surface area contributed by atoms with Gasteiger partial charge in [-0.25, -0.2) is 0 Å². The van der Waals surface area contributed by atoms with Crippen LogP contribution in [0.1, 0.15) is 515 Å². The third kappa shape index (κ3) is 77.9. The first-order valence-corrected chi connectivity index (χ1v) is 43.3. The molecule has 0 fully saturated rings. The number of carbonyl (C=O) groups excluding carboxylic acids is 2. The van der Waals surface area contributed by atoms with E-state index in [1.807, 2.05) is 0 Å². The highest BCUT2D eigenvalue weighted by atomic mass is 16.5. The van der Waals surface area contributed by atoms with Gasteiger partial charge in [-0.2, -0.15) is 0 Å². The minimum atomic E-state index is -0.660. The quantitative estimate of drug-likeness (QED) is 0.0417. The topological polar surface area (TPSA) is 95.9 Å². The van der Waals surface area contributed by atoms with E-state index in [0.717, 1.165) is 38.5 Å². The number of unbranched alkanes of at least 4 members (excludes halogenated alkanes) is 72. The third-order valence-electron chi connectivity index (χ3n) is 20.9. The summed E-state index contributed by atoms with van der Waals surface area (Å²) in [7, 11) is 0. The van der Waals surface area contributed by atoms with Gasteiger partial charge in [-0.3, -0.25) is 9.59 Å². The molecule has 0 rings (SSSR count). The Kier molecular flexibility index (Phi) is 81.3. The molecule has 6 heteroatoms. The van der Waals surface area contributed by atoms with Gasteiger partial charge in [0.05, 0.1) is 25.4 Å². The van der Waals surface area contributed by atoms with Crippen LogP contribution in [-0.4, -0.2) is 47.4 Å².